The maximum Gasteiger partial charge on any atom is 0.0273 e. The molecule has 0 saturated heterocycles. The SMILES string of the molecule is C(=Cc1cc(C=Cc2ccncc2)c(C=Cc2ccncc2)cc1C=Cc1ccncc1)c1ccncc1. The minimum Gasteiger partial charge on any atom is -0.265 e. The molecule has 38 heavy (non-hydrogen) atoms. The average molecular weight is 491 g/mol. The molecule has 5 rings (SSSR count). The summed E-state index contributed by atoms with van der Waals surface area (Å²) in [6, 6.07) is 20.5. The first-order valence-electron chi connectivity index (χ1n) is 12.3. The molecule has 0 aliphatic heterocycles. The molecule has 0 amide bonds. The van der Waals surface area contributed by atoms with Gasteiger partial charge in [0.1, 0.15) is 0 Å². The molecule has 1 aromatic carbocycles. The summed E-state index contributed by atoms with van der Waals surface area (Å²) in [5, 5.41) is 0. The molecule has 5 aromatic rings. The van der Waals surface area contributed by atoms with Crippen molar-refractivity contribution in [3.05, 3.63) is 155 Å². The van der Waals surface area contributed by atoms with Gasteiger partial charge in [0, 0.05) is 49.6 Å². The molecule has 4 aromatic heterocycles. The third-order valence-corrected chi connectivity index (χ3v) is 5.93. The van der Waals surface area contributed by atoms with Crippen molar-refractivity contribution in [1.82, 2.24) is 19.9 Å². The van der Waals surface area contributed by atoms with Crippen molar-refractivity contribution in [3.8, 4) is 0 Å². The molecule has 0 unspecified atom stereocenters. The first-order valence-corrected chi connectivity index (χ1v) is 12.3. The number of hydrogen-bond donors (Lipinski definition) is 0. The molecule has 0 radical (unpaired) electrons. The molecule has 4 heteroatoms. The average Bonchev–Trinajstić information content (AvgIpc) is 2.99. The van der Waals surface area contributed by atoms with Gasteiger partial charge in [-0.05, 0) is 105 Å². The third kappa shape index (κ3) is 6.93. The fourth-order valence-corrected chi connectivity index (χ4v) is 3.89. The monoisotopic (exact) mass is 490 g/mol. The van der Waals surface area contributed by atoms with Gasteiger partial charge in [-0.15, -0.1) is 0 Å². The molecule has 182 valence electrons. The Kier molecular flexibility index (Phi) is 8.15. The zero-order valence-electron chi connectivity index (χ0n) is 20.8. The summed E-state index contributed by atoms with van der Waals surface area (Å²) in [5.74, 6) is 0. The van der Waals surface area contributed by atoms with E-state index in [-0.39, 0.29) is 0 Å². The second-order valence-electron chi connectivity index (χ2n) is 8.57. The van der Waals surface area contributed by atoms with E-state index in [1.807, 2.05) is 48.5 Å². The summed E-state index contributed by atoms with van der Waals surface area (Å²) in [5.41, 5.74) is 8.84. The normalized spacial score (nSPS) is 11.8. The van der Waals surface area contributed by atoms with Crippen LogP contribution in [0.2, 0.25) is 0 Å². The van der Waals surface area contributed by atoms with Gasteiger partial charge in [-0.2, -0.15) is 0 Å². The van der Waals surface area contributed by atoms with Crippen LogP contribution in [-0.4, -0.2) is 19.9 Å². The largest absolute Gasteiger partial charge is 0.265 e. The number of rotatable bonds is 8. The Labute approximate surface area is 223 Å². The summed E-state index contributed by atoms with van der Waals surface area (Å²) >= 11 is 0. The molecule has 4 nitrogen and oxygen atoms in total. The van der Waals surface area contributed by atoms with Crippen molar-refractivity contribution in [2.45, 2.75) is 0 Å². The van der Waals surface area contributed by atoms with E-state index >= 15 is 0 Å². The Hall–Kier alpha value is -5.22. The number of aromatic nitrogens is 4. The zero-order valence-corrected chi connectivity index (χ0v) is 20.8. The molecule has 4 heterocycles. The van der Waals surface area contributed by atoms with Gasteiger partial charge in [-0.25, -0.2) is 0 Å². The predicted octanol–water partition coefficient (Wildman–Crippen LogP) is 7.95. The van der Waals surface area contributed by atoms with E-state index in [4.69, 9.17) is 0 Å². The summed E-state index contributed by atoms with van der Waals surface area (Å²) in [6.45, 7) is 0. The van der Waals surface area contributed by atoms with E-state index in [9.17, 15) is 0 Å². The lowest BCUT2D eigenvalue weighted by molar-refractivity contribution is 1.32. The number of hydrogen-bond acceptors (Lipinski definition) is 4. The molecule has 0 bridgehead atoms. The van der Waals surface area contributed by atoms with Crippen LogP contribution in [0.4, 0.5) is 0 Å². The fourth-order valence-electron chi connectivity index (χ4n) is 3.89. The number of pyridine rings is 4. The van der Waals surface area contributed by atoms with Crippen LogP contribution < -0.4 is 0 Å². The smallest absolute Gasteiger partial charge is 0.0273 e. The van der Waals surface area contributed by atoms with E-state index < -0.39 is 0 Å². The molecule has 0 spiro atoms. The minimum absolute atomic E-state index is 1.10. The predicted molar refractivity (Wildman–Crippen MR) is 159 cm³/mol. The van der Waals surface area contributed by atoms with Gasteiger partial charge in [0.05, 0.1) is 0 Å². The van der Waals surface area contributed by atoms with Crippen LogP contribution >= 0.6 is 0 Å². The Morgan fingerprint density at radius 2 is 0.500 bits per heavy atom. The topological polar surface area (TPSA) is 51.6 Å². The maximum atomic E-state index is 4.13. The minimum atomic E-state index is 1.10. The van der Waals surface area contributed by atoms with Gasteiger partial charge in [-0.1, -0.05) is 48.6 Å². The highest BCUT2D eigenvalue weighted by Gasteiger charge is 2.05. The lowest BCUT2D eigenvalue weighted by Crippen LogP contribution is -1.89. The highest BCUT2D eigenvalue weighted by atomic mass is 14.6. The second-order valence-corrected chi connectivity index (χ2v) is 8.57. The Bertz CT molecular complexity index is 1330. The van der Waals surface area contributed by atoms with E-state index in [2.05, 4.69) is 80.7 Å². The van der Waals surface area contributed by atoms with Crippen LogP contribution in [0.5, 0.6) is 0 Å². The van der Waals surface area contributed by atoms with Gasteiger partial charge in [0.2, 0.25) is 0 Å². The molecule has 0 aliphatic carbocycles. The third-order valence-electron chi connectivity index (χ3n) is 5.93. The molecule has 0 fully saturated rings. The van der Waals surface area contributed by atoms with Crippen LogP contribution in [0.15, 0.2) is 110 Å². The van der Waals surface area contributed by atoms with Crippen LogP contribution in [0.25, 0.3) is 48.6 Å². The highest BCUT2D eigenvalue weighted by molar-refractivity contribution is 5.86. The van der Waals surface area contributed by atoms with Gasteiger partial charge in [0.25, 0.3) is 0 Å². The van der Waals surface area contributed by atoms with Gasteiger partial charge >= 0.3 is 0 Å². The summed E-state index contributed by atoms with van der Waals surface area (Å²) in [6.07, 6.45) is 31.5. The Morgan fingerprint density at radius 3 is 0.711 bits per heavy atom. The van der Waals surface area contributed by atoms with Gasteiger partial charge in [-0.3, -0.25) is 19.9 Å². The molecule has 0 aliphatic rings. The Balaban J connectivity index is 1.60. The highest BCUT2D eigenvalue weighted by Crippen LogP contribution is 2.25. The number of nitrogens with zero attached hydrogens (tertiary/aromatic N) is 4. The van der Waals surface area contributed by atoms with Crippen molar-refractivity contribution >= 4 is 48.6 Å². The fraction of sp³-hybridized carbons (Fsp3) is 0. The quantitative estimate of drug-likeness (QED) is 0.221. The molecular formula is C34H26N4. The van der Waals surface area contributed by atoms with Crippen molar-refractivity contribution in [1.29, 1.82) is 0 Å². The van der Waals surface area contributed by atoms with Gasteiger partial charge < -0.3 is 0 Å². The van der Waals surface area contributed by atoms with E-state index in [1.54, 1.807) is 49.6 Å². The van der Waals surface area contributed by atoms with E-state index in [1.165, 1.54) is 0 Å². The Morgan fingerprint density at radius 1 is 0.289 bits per heavy atom. The first kappa shape index (κ1) is 24.5. The standard InChI is InChI=1S/C34H26N4/c1(27-9-17-35-18-10-27)5-31-25-33(7-3-29-13-21-37-22-14-29)34(8-4-30-15-23-38-24-16-30)26-32(31)6-2-28-11-19-36-20-12-28/h1-26H. The van der Waals surface area contributed by atoms with E-state index in [0.717, 1.165) is 44.5 Å². The van der Waals surface area contributed by atoms with Crippen LogP contribution in [0.1, 0.15) is 44.5 Å². The van der Waals surface area contributed by atoms with Gasteiger partial charge in [0.15, 0.2) is 0 Å². The zero-order chi connectivity index (χ0) is 25.8. The molecule has 0 N–H and O–H groups in total. The lowest BCUT2D eigenvalue weighted by Gasteiger charge is -2.09. The summed E-state index contributed by atoms with van der Waals surface area (Å²) < 4.78 is 0. The first-order chi connectivity index (χ1) is 18.8. The van der Waals surface area contributed by atoms with Crippen molar-refractivity contribution in [3.63, 3.8) is 0 Å². The van der Waals surface area contributed by atoms with Crippen LogP contribution in [0, 0.1) is 0 Å². The van der Waals surface area contributed by atoms with Crippen LogP contribution in [0.3, 0.4) is 0 Å². The maximum absolute atomic E-state index is 4.13. The molecular weight excluding hydrogens is 464 g/mol. The second kappa shape index (κ2) is 12.7. The lowest BCUT2D eigenvalue weighted by atomic mass is 9.95. The number of benzene rings is 1. The van der Waals surface area contributed by atoms with Crippen molar-refractivity contribution < 1.29 is 0 Å². The van der Waals surface area contributed by atoms with Crippen molar-refractivity contribution in [2.75, 3.05) is 0 Å². The molecule has 0 saturated carbocycles. The molecule has 0 atom stereocenters. The summed E-state index contributed by atoms with van der Waals surface area (Å²) in [7, 11) is 0. The van der Waals surface area contributed by atoms with E-state index in [0.29, 0.717) is 0 Å². The van der Waals surface area contributed by atoms with Crippen molar-refractivity contribution in [2.24, 2.45) is 0 Å². The summed E-state index contributed by atoms with van der Waals surface area (Å²) in [4.78, 5) is 16.5. The van der Waals surface area contributed by atoms with Crippen LogP contribution in [-0.2, 0) is 0 Å².